The summed E-state index contributed by atoms with van der Waals surface area (Å²) in [5, 5.41) is 3.84. The van der Waals surface area contributed by atoms with Crippen LogP contribution in [0.2, 0.25) is 0 Å². The van der Waals surface area contributed by atoms with E-state index in [9.17, 15) is 0 Å². The Kier molecular flexibility index (Phi) is 8.84. The zero-order valence-electron chi connectivity index (χ0n) is 15.1. The van der Waals surface area contributed by atoms with E-state index in [0.717, 1.165) is 19.6 Å². The van der Waals surface area contributed by atoms with E-state index in [4.69, 9.17) is 4.74 Å². The fourth-order valence-electron chi connectivity index (χ4n) is 3.76. The summed E-state index contributed by atoms with van der Waals surface area (Å²) in [5.74, 6) is 0.634. The lowest BCUT2D eigenvalue weighted by Gasteiger charge is -2.47. The maximum Gasteiger partial charge on any atom is 0.0465 e. The van der Waals surface area contributed by atoms with Gasteiger partial charge in [-0.25, -0.2) is 0 Å². The lowest BCUT2D eigenvalue weighted by molar-refractivity contribution is 0.0530. The van der Waals surface area contributed by atoms with E-state index in [1.54, 1.807) is 7.11 Å². The normalized spacial score (nSPS) is 21.0. The molecule has 126 valence electrons. The summed E-state index contributed by atoms with van der Waals surface area (Å²) in [4.78, 5) is 2.73. The summed E-state index contributed by atoms with van der Waals surface area (Å²) in [6.07, 6.45) is 7.85. The summed E-state index contributed by atoms with van der Waals surface area (Å²) < 4.78 is 5.30. The topological polar surface area (TPSA) is 24.5 Å². The molecule has 0 amide bonds. The number of ether oxygens (including phenoxy) is 1. The van der Waals surface area contributed by atoms with Crippen molar-refractivity contribution in [1.29, 1.82) is 0 Å². The van der Waals surface area contributed by atoms with Gasteiger partial charge >= 0.3 is 0 Å². The second kappa shape index (κ2) is 9.81. The average Bonchev–Trinajstić information content (AvgIpc) is 2.74. The predicted molar refractivity (Wildman–Crippen MR) is 91.9 cm³/mol. The molecule has 3 heteroatoms. The minimum absolute atomic E-state index is 0.215. The number of likely N-dealkylation sites (tertiary alicyclic amines) is 1. The highest BCUT2D eigenvalue weighted by Crippen LogP contribution is 2.28. The highest BCUT2D eigenvalue weighted by atomic mass is 16.5. The van der Waals surface area contributed by atoms with Gasteiger partial charge in [-0.1, -0.05) is 26.7 Å². The van der Waals surface area contributed by atoms with Gasteiger partial charge in [0.05, 0.1) is 0 Å². The van der Waals surface area contributed by atoms with Crippen LogP contribution in [0.4, 0.5) is 0 Å². The van der Waals surface area contributed by atoms with Gasteiger partial charge in [0.25, 0.3) is 0 Å². The van der Waals surface area contributed by atoms with Crippen LogP contribution in [0.5, 0.6) is 0 Å². The molecule has 21 heavy (non-hydrogen) atoms. The Labute approximate surface area is 132 Å². The molecule has 1 aliphatic heterocycles. The lowest BCUT2D eigenvalue weighted by Crippen LogP contribution is -2.60. The van der Waals surface area contributed by atoms with Crippen LogP contribution >= 0.6 is 0 Å². The molecule has 0 radical (unpaired) electrons. The standard InChI is InChI=1S/C18H38N2O/c1-6-12-19-17(16(2)11-15-21-5)18(3,4)20-13-9-7-8-10-14-20/h16-17,19H,6-15H2,1-5H3. The highest BCUT2D eigenvalue weighted by molar-refractivity contribution is 4.96. The van der Waals surface area contributed by atoms with Gasteiger partial charge in [0.15, 0.2) is 0 Å². The van der Waals surface area contributed by atoms with E-state index in [-0.39, 0.29) is 5.54 Å². The fourth-order valence-corrected chi connectivity index (χ4v) is 3.76. The third-order valence-corrected chi connectivity index (χ3v) is 5.14. The number of hydrogen-bond donors (Lipinski definition) is 1. The smallest absolute Gasteiger partial charge is 0.0465 e. The van der Waals surface area contributed by atoms with E-state index < -0.39 is 0 Å². The third kappa shape index (κ3) is 5.88. The van der Waals surface area contributed by atoms with Gasteiger partial charge in [0.1, 0.15) is 0 Å². The van der Waals surface area contributed by atoms with Gasteiger partial charge in [0.2, 0.25) is 0 Å². The number of methoxy groups -OCH3 is 1. The monoisotopic (exact) mass is 298 g/mol. The molecular formula is C18H38N2O. The first kappa shape index (κ1) is 18.9. The number of hydrogen-bond acceptors (Lipinski definition) is 3. The molecule has 3 nitrogen and oxygen atoms in total. The molecule has 1 fully saturated rings. The SMILES string of the molecule is CCCNC(C(C)CCOC)C(C)(C)N1CCCCCC1. The summed E-state index contributed by atoms with van der Waals surface area (Å²) in [5.41, 5.74) is 0.215. The van der Waals surface area contributed by atoms with Crippen molar-refractivity contribution in [3.63, 3.8) is 0 Å². The number of nitrogens with zero attached hydrogens (tertiary/aromatic N) is 1. The molecule has 0 aromatic heterocycles. The Morgan fingerprint density at radius 1 is 1.14 bits per heavy atom. The number of rotatable bonds is 9. The Balaban J connectivity index is 2.76. The zero-order valence-corrected chi connectivity index (χ0v) is 15.1. The van der Waals surface area contributed by atoms with Crippen LogP contribution in [0.25, 0.3) is 0 Å². The summed E-state index contributed by atoms with van der Waals surface area (Å²) in [6.45, 7) is 14.0. The van der Waals surface area contributed by atoms with Gasteiger partial charge in [0, 0.05) is 25.3 Å². The minimum Gasteiger partial charge on any atom is -0.385 e. The summed E-state index contributed by atoms with van der Waals surface area (Å²) >= 11 is 0. The fraction of sp³-hybridized carbons (Fsp3) is 1.00. The van der Waals surface area contributed by atoms with Gasteiger partial charge in [-0.3, -0.25) is 4.90 Å². The van der Waals surface area contributed by atoms with Crippen molar-refractivity contribution in [2.45, 2.75) is 77.8 Å². The van der Waals surface area contributed by atoms with Gasteiger partial charge in [-0.15, -0.1) is 0 Å². The van der Waals surface area contributed by atoms with E-state index in [1.165, 1.54) is 45.2 Å². The van der Waals surface area contributed by atoms with Crippen molar-refractivity contribution in [3.05, 3.63) is 0 Å². The van der Waals surface area contributed by atoms with Crippen LogP contribution in [0.15, 0.2) is 0 Å². The predicted octanol–water partition coefficient (Wildman–Crippen LogP) is 3.68. The van der Waals surface area contributed by atoms with Crippen molar-refractivity contribution in [3.8, 4) is 0 Å². The van der Waals surface area contributed by atoms with Crippen LogP contribution in [0.3, 0.4) is 0 Å². The van der Waals surface area contributed by atoms with Crippen molar-refractivity contribution >= 4 is 0 Å². The molecule has 1 N–H and O–H groups in total. The third-order valence-electron chi connectivity index (χ3n) is 5.14. The number of nitrogens with one attached hydrogen (secondary N) is 1. The van der Waals surface area contributed by atoms with Gasteiger partial charge < -0.3 is 10.1 Å². The van der Waals surface area contributed by atoms with Crippen molar-refractivity contribution in [2.75, 3.05) is 33.4 Å². The Morgan fingerprint density at radius 2 is 1.76 bits per heavy atom. The first-order chi connectivity index (χ1) is 10.0. The Bertz CT molecular complexity index is 260. The molecule has 0 bridgehead atoms. The van der Waals surface area contributed by atoms with Crippen molar-refractivity contribution < 1.29 is 4.74 Å². The second-order valence-electron chi connectivity index (χ2n) is 7.25. The van der Waals surface area contributed by atoms with Crippen LogP contribution in [-0.2, 0) is 4.74 Å². The van der Waals surface area contributed by atoms with Crippen LogP contribution in [-0.4, -0.2) is 49.8 Å². The molecule has 0 saturated carbocycles. The van der Waals surface area contributed by atoms with Gasteiger partial charge in [-0.05, 0) is 65.1 Å². The second-order valence-corrected chi connectivity index (χ2v) is 7.25. The maximum absolute atomic E-state index is 5.30. The van der Waals surface area contributed by atoms with E-state index >= 15 is 0 Å². The highest BCUT2D eigenvalue weighted by Gasteiger charge is 2.37. The lowest BCUT2D eigenvalue weighted by atomic mass is 9.82. The maximum atomic E-state index is 5.30. The van der Waals surface area contributed by atoms with Crippen LogP contribution in [0.1, 0.15) is 66.2 Å². The summed E-state index contributed by atoms with van der Waals surface area (Å²) in [6, 6.07) is 0.533. The van der Waals surface area contributed by atoms with Crippen LogP contribution in [0, 0.1) is 5.92 Å². The quantitative estimate of drug-likeness (QED) is 0.703. The average molecular weight is 299 g/mol. The largest absolute Gasteiger partial charge is 0.385 e. The van der Waals surface area contributed by atoms with Gasteiger partial charge in [-0.2, -0.15) is 0 Å². The molecule has 0 aromatic rings. The Morgan fingerprint density at radius 3 is 2.29 bits per heavy atom. The van der Waals surface area contributed by atoms with E-state index in [0.29, 0.717) is 12.0 Å². The molecule has 1 saturated heterocycles. The first-order valence-electron chi connectivity index (χ1n) is 9.01. The first-order valence-corrected chi connectivity index (χ1v) is 9.01. The van der Waals surface area contributed by atoms with Crippen molar-refractivity contribution in [1.82, 2.24) is 10.2 Å². The van der Waals surface area contributed by atoms with E-state index in [2.05, 4.69) is 37.9 Å². The molecule has 0 aromatic carbocycles. The molecule has 1 heterocycles. The molecule has 0 spiro atoms. The Hall–Kier alpha value is -0.120. The van der Waals surface area contributed by atoms with Crippen molar-refractivity contribution in [2.24, 2.45) is 5.92 Å². The molecule has 2 unspecified atom stereocenters. The molecule has 0 aliphatic carbocycles. The zero-order chi connectivity index (χ0) is 15.7. The molecule has 1 rings (SSSR count). The molecular weight excluding hydrogens is 260 g/mol. The summed E-state index contributed by atoms with van der Waals surface area (Å²) in [7, 11) is 1.81. The minimum atomic E-state index is 0.215. The van der Waals surface area contributed by atoms with E-state index in [1.807, 2.05) is 0 Å². The van der Waals surface area contributed by atoms with Crippen LogP contribution < -0.4 is 5.32 Å². The molecule has 2 atom stereocenters. The molecule has 1 aliphatic rings.